The van der Waals surface area contributed by atoms with Gasteiger partial charge in [-0.15, -0.1) is 0 Å². The Labute approximate surface area is 238 Å². The topological polar surface area (TPSA) is 94.1 Å². The minimum absolute atomic E-state index is 0.0110. The SMILES string of the molecule is CCCN(c1ncc(Cl)cn1)c1cccc2c1OC[C@H]2N(C(=O)C(F)(F)F)c1ccc2c(c1)OC[C@H]2CC(=O)OC. The minimum Gasteiger partial charge on any atom is -0.493 e. The molecule has 0 fully saturated rings. The van der Waals surface area contributed by atoms with Crippen molar-refractivity contribution in [2.24, 2.45) is 0 Å². The number of carbonyl (C=O) groups excluding carboxylic acids is 2. The van der Waals surface area contributed by atoms with Gasteiger partial charge in [0.05, 0.1) is 49.3 Å². The summed E-state index contributed by atoms with van der Waals surface area (Å²) in [6.07, 6.45) is -1.47. The Morgan fingerprint density at radius 2 is 1.85 bits per heavy atom. The van der Waals surface area contributed by atoms with E-state index in [4.69, 9.17) is 25.8 Å². The summed E-state index contributed by atoms with van der Waals surface area (Å²) in [5.41, 5.74) is 1.60. The fourth-order valence-electron chi connectivity index (χ4n) is 5.08. The van der Waals surface area contributed by atoms with Gasteiger partial charge >= 0.3 is 18.1 Å². The lowest BCUT2D eigenvalue weighted by Crippen LogP contribution is -2.44. The average molecular weight is 591 g/mol. The van der Waals surface area contributed by atoms with Gasteiger partial charge < -0.3 is 19.1 Å². The van der Waals surface area contributed by atoms with E-state index in [-0.39, 0.29) is 31.2 Å². The molecule has 2 aliphatic rings. The van der Waals surface area contributed by atoms with E-state index in [0.29, 0.717) is 57.1 Å². The highest BCUT2D eigenvalue weighted by molar-refractivity contribution is 6.30. The summed E-state index contributed by atoms with van der Waals surface area (Å²) in [6, 6.07) is 8.39. The predicted octanol–water partition coefficient (Wildman–Crippen LogP) is 5.75. The van der Waals surface area contributed by atoms with Gasteiger partial charge in [0.1, 0.15) is 18.1 Å². The van der Waals surface area contributed by atoms with E-state index in [1.165, 1.54) is 31.6 Å². The molecule has 3 heterocycles. The minimum atomic E-state index is -5.15. The number of benzene rings is 2. The van der Waals surface area contributed by atoms with Crippen LogP contribution in [0.25, 0.3) is 0 Å². The van der Waals surface area contributed by atoms with Crippen molar-refractivity contribution in [3.8, 4) is 11.5 Å². The van der Waals surface area contributed by atoms with Crippen molar-refractivity contribution < 1.29 is 37.0 Å². The molecule has 0 spiro atoms. The first-order chi connectivity index (χ1) is 19.6. The molecule has 0 aliphatic carbocycles. The fourth-order valence-corrected chi connectivity index (χ4v) is 5.18. The Morgan fingerprint density at radius 3 is 2.54 bits per heavy atom. The number of methoxy groups -OCH3 is 1. The molecular weight excluding hydrogens is 565 g/mol. The number of nitrogens with zero attached hydrogens (tertiary/aromatic N) is 4. The van der Waals surface area contributed by atoms with Crippen molar-refractivity contribution in [1.82, 2.24) is 9.97 Å². The molecule has 2 aromatic carbocycles. The van der Waals surface area contributed by atoms with Crippen molar-refractivity contribution in [1.29, 1.82) is 0 Å². The first kappa shape index (κ1) is 28.5. The van der Waals surface area contributed by atoms with Gasteiger partial charge in [0.15, 0.2) is 0 Å². The Bertz CT molecular complexity index is 1450. The molecule has 3 aromatic rings. The molecular formula is C28H26ClF3N4O5. The van der Waals surface area contributed by atoms with Crippen LogP contribution in [-0.2, 0) is 14.3 Å². The van der Waals surface area contributed by atoms with Crippen LogP contribution in [0.1, 0.15) is 42.9 Å². The van der Waals surface area contributed by atoms with Crippen LogP contribution >= 0.6 is 11.6 Å². The lowest BCUT2D eigenvalue weighted by Gasteiger charge is -2.29. The Balaban J connectivity index is 1.54. The lowest BCUT2D eigenvalue weighted by molar-refractivity contribution is -0.171. The summed E-state index contributed by atoms with van der Waals surface area (Å²) in [4.78, 5) is 35.7. The maximum absolute atomic E-state index is 13.9. The second kappa shape index (κ2) is 11.4. The highest BCUT2D eigenvalue weighted by atomic mass is 35.5. The number of esters is 1. The summed E-state index contributed by atoms with van der Waals surface area (Å²) >= 11 is 5.96. The molecule has 1 amide bonds. The van der Waals surface area contributed by atoms with Crippen LogP contribution in [0.15, 0.2) is 48.8 Å². The second-order valence-electron chi connectivity index (χ2n) is 9.56. The molecule has 0 radical (unpaired) electrons. The molecule has 2 atom stereocenters. The van der Waals surface area contributed by atoms with Crippen molar-refractivity contribution >= 4 is 40.8 Å². The molecule has 0 saturated carbocycles. The molecule has 216 valence electrons. The van der Waals surface area contributed by atoms with Crippen LogP contribution < -0.4 is 19.3 Å². The van der Waals surface area contributed by atoms with Crippen LogP contribution in [0.3, 0.4) is 0 Å². The number of fused-ring (bicyclic) bond motifs is 2. The highest BCUT2D eigenvalue weighted by Crippen LogP contribution is 2.47. The number of para-hydroxylation sites is 1. The first-order valence-corrected chi connectivity index (χ1v) is 13.2. The Morgan fingerprint density at radius 1 is 1.10 bits per heavy atom. The number of anilines is 3. The zero-order valence-corrected chi connectivity index (χ0v) is 22.9. The average Bonchev–Trinajstić information content (AvgIpc) is 3.56. The number of carbonyl (C=O) groups is 2. The van der Waals surface area contributed by atoms with Crippen LogP contribution in [0.4, 0.5) is 30.5 Å². The number of aromatic nitrogens is 2. The molecule has 0 saturated heterocycles. The van der Waals surface area contributed by atoms with Crippen LogP contribution in [0, 0.1) is 0 Å². The third kappa shape index (κ3) is 5.61. The number of alkyl halides is 3. The first-order valence-electron chi connectivity index (χ1n) is 12.9. The largest absolute Gasteiger partial charge is 0.493 e. The molecule has 41 heavy (non-hydrogen) atoms. The van der Waals surface area contributed by atoms with Gasteiger partial charge in [-0.3, -0.25) is 14.5 Å². The van der Waals surface area contributed by atoms with E-state index in [2.05, 4.69) is 9.97 Å². The van der Waals surface area contributed by atoms with Crippen molar-refractivity contribution in [3.05, 3.63) is 64.9 Å². The van der Waals surface area contributed by atoms with Crippen molar-refractivity contribution in [2.75, 3.05) is 36.7 Å². The lowest BCUT2D eigenvalue weighted by atomic mass is 9.97. The van der Waals surface area contributed by atoms with Gasteiger partial charge in [-0.2, -0.15) is 13.2 Å². The van der Waals surface area contributed by atoms with Gasteiger partial charge in [0.2, 0.25) is 5.95 Å². The smallest absolute Gasteiger partial charge is 0.471 e. The summed E-state index contributed by atoms with van der Waals surface area (Å²) in [5.74, 6) is -1.80. The molecule has 0 unspecified atom stereocenters. The van der Waals surface area contributed by atoms with Crippen LogP contribution in [0.5, 0.6) is 11.5 Å². The quantitative estimate of drug-likeness (QED) is 0.306. The Hall–Kier alpha value is -4.06. The summed E-state index contributed by atoms with van der Waals surface area (Å²) in [7, 11) is 1.28. The number of hydrogen-bond donors (Lipinski definition) is 0. The summed E-state index contributed by atoms with van der Waals surface area (Å²) in [5, 5.41) is 0.357. The van der Waals surface area contributed by atoms with Crippen LogP contribution in [-0.4, -0.2) is 54.9 Å². The maximum atomic E-state index is 13.9. The van der Waals surface area contributed by atoms with Gasteiger partial charge in [-0.05, 0) is 18.6 Å². The second-order valence-corrected chi connectivity index (χ2v) is 9.99. The van der Waals surface area contributed by atoms with Crippen molar-refractivity contribution in [2.45, 2.75) is 37.9 Å². The van der Waals surface area contributed by atoms with E-state index < -0.39 is 24.1 Å². The van der Waals surface area contributed by atoms with Crippen molar-refractivity contribution in [3.63, 3.8) is 0 Å². The van der Waals surface area contributed by atoms with Gasteiger partial charge in [-0.1, -0.05) is 36.7 Å². The molecule has 0 bridgehead atoms. The molecule has 1 aromatic heterocycles. The standard InChI is InChI=1S/C28H26ClF3N4O5/c1-3-9-35(27-33-12-17(29)13-34-27)21-6-4-5-20-22(15-41-25(20)21)36(26(38)28(30,31)32)18-7-8-19-16(10-24(37)39-2)14-40-23(19)11-18/h4-8,11-13,16,22H,3,9-10,14-15H2,1-2H3/t16-,22-/m1/s1. The van der Waals surface area contributed by atoms with E-state index >= 15 is 0 Å². The van der Waals surface area contributed by atoms with Gasteiger partial charge in [0, 0.05) is 35.3 Å². The van der Waals surface area contributed by atoms with Gasteiger partial charge in [-0.25, -0.2) is 9.97 Å². The molecule has 0 N–H and O–H groups in total. The number of rotatable bonds is 8. The van der Waals surface area contributed by atoms with E-state index in [9.17, 15) is 22.8 Å². The molecule has 2 aliphatic heterocycles. The van der Waals surface area contributed by atoms with E-state index in [1.807, 2.05) is 6.92 Å². The monoisotopic (exact) mass is 590 g/mol. The highest BCUT2D eigenvalue weighted by Gasteiger charge is 2.48. The van der Waals surface area contributed by atoms with E-state index in [0.717, 1.165) is 0 Å². The predicted molar refractivity (Wildman–Crippen MR) is 144 cm³/mol. The number of hydrogen-bond acceptors (Lipinski definition) is 8. The van der Waals surface area contributed by atoms with E-state index in [1.54, 1.807) is 29.2 Å². The molecule has 5 rings (SSSR count). The zero-order chi connectivity index (χ0) is 29.3. The number of ether oxygens (including phenoxy) is 3. The maximum Gasteiger partial charge on any atom is 0.471 e. The van der Waals surface area contributed by atoms with Gasteiger partial charge in [0.25, 0.3) is 0 Å². The fraction of sp³-hybridized carbons (Fsp3) is 0.357. The Kier molecular flexibility index (Phi) is 7.94. The summed E-state index contributed by atoms with van der Waals surface area (Å²) < 4.78 is 58.2. The normalized spacial score (nSPS) is 17.2. The number of amides is 1. The zero-order valence-electron chi connectivity index (χ0n) is 22.2. The third-order valence-corrected chi connectivity index (χ3v) is 7.12. The number of halogens is 4. The molecule has 9 nitrogen and oxygen atoms in total. The summed E-state index contributed by atoms with van der Waals surface area (Å²) in [6.45, 7) is 2.41. The third-order valence-electron chi connectivity index (χ3n) is 6.92. The van der Waals surface area contributed by atoms with Crippen LogP contribution in [0.2, 0.25) is 5.02 Å². The molecule has 13 heteroatoms.